The van der Waals surface area contributed by atoms with Crippen LogP contribution < -0.4 is 5.43 Å². The highest BCUT2D eigenvalue weighted by atomic mass is 79.9. The highest BCUT2D eigenvalue weighted by molar-refractivity contribution is 9.10. The van der Waals surface area contributed by atoms with Crippen molar-refractivity contribution < 1.29 is 4.42 Å². The number of fused-ring (bicyclic) bond motifs is 1. The van der Waals surface area contributed by atoms with Crippen LogP contribution in [0.5, 0.6) is 0 Å². The van der Waals surface area contributed by atoms with Crippen molar-refractivity contribution in [1.82, 2.24) is 4.98 Å². The third-order valence-corrected chi connectivity index (χ3v) is 3.56. The van der Waals surface area contributed by atoms with Gasteiger partial charge in [0.05, 0.1) is 5.69 Å². The molecule has 0 fully saturated rings. The Kier molecular flexibility index (Phi) is 4.09. The van der Waals surface area contributed by atoms with Gasteiger partial charge in [-0.2, -0.15) is 10.4 Å². The Hall–Kier alpha value is -2.36. The van der Waals surface area contributed by atoms with Gasteiger partial charge in [0, 0.05) is 9.50 Å². The average molecular weight is 376 g/mol. The minimum absolute atomic E-state index is 0.0511. The average Bonchev–Trinajstić information content (AvgIpc) is 2.92. The fourth-order valence-corrected chi connectivity index (χ4v) is 2.20. The van der Waals surface area contributed by atoms with Gasteiger partial charge >= 0.3 is 0 Å². The second-order valence-electron chi connectivity index (χ2n) is 4.32. The van der Waals surface area contributed by atoms with E-state index in [0.29, 0.717) is 16.1 Å². The van der Waals surface area contributed by atoms with E-state index in [0.717, 1.165) is 10.2 Å². The first-order chi connectivity index (χ1) is 10.7. The summed E-state index contributed by atoms with van der Waals surface area (Å²) in [5, 5.41) is 13.8. The predicted octanol–water partition coefficient (Wildman–Crippen LogP) is 4.58. The molecule has 1 aromatic heterocycles. The molecule has 0 spiro atoms. The maximum absolute atomic E-state index is 9.23. The number of oxazole rings is 1. The van der Waals surface area contributed by atoms with Crippen molar-refractivity contribution >= 4 is 50.0 Å². The van der Waals surface area contributed by atoms with Gasteiger partial charge in [-0.1, -0.05) is 27.5 Å². The number of halogens is 2. The molecule has 7 heteroatoms. The maximum Gasteiger partial charge on any atom is 0.259 e. The van der Waals surface area contributed by atoms with Crippen LogP contribution in [-0.4, -0.2) is 10.7 Å². The van der Waals surface area contributed by atoms with Gasteiger partial charge in [0.15, 0.2) is 5.58 Å². The lowest BCUT2D eigenvalue weighted by atomic mass is 10.3. The molecule has 1 N–H and O–H groups in total. The van der Waals surface area contributed by atoms with Gasteiger partial charge < -0.3 is 4.42 Å². The molecule has 0 aliphatic rings. The fourth-order valence-electron chi connectivity index (χ4n) is 1.77. The Morgan fingerprint density at radius 1 is 1.27 bits per heavy atom. The number of hydrogen-bond donors (Lipinski definition) is 1. The summed E-state index contributed by atoms with van der Waals surface area (Å²) < 4.78 is 6.47. The molecule has 0 amide bonds. The second kappa shape index (κ2) is 6.18. The van der Waals surface area contributed by atoms with Crippen molar-refractivity contribution in [2.45, 2.75) is 0 Å². The molecule has 3 rings (SSSR count). The summed E-state index contributed by atoms with van der Waals surface area (Å²) in [6.45, 7) is 0. The summed E-state index contributed by atoms with van der Waals surface area (Å²) in [5.74, 6) is 0.143. The van der Waals surface area contributed by atoms with Gasteiger partial charge in [0.25, 0.3) is 5.89 Å². The SMILES string of the molecule is N#C/C(=N\Nc1ccc(Br)cc1)c1nc2cc(Cl)ccc2o1. The number of hydrazone groups is 1. The monoisotopic (exact) mass is 374 g/mol. The van der Waals surface area contributed by atoms with Crippen molar-refractivity contribution in [3.63, 3.8) is 0 Å². The van der Waals surface area contributed by atoms with E-state index < -0.39 is 0 Å². The lowest BCUT2D eigenvalue weighted by Gasteiger charge is -1.99. The number of benzene rings is 2. The summed E-state index contributed by atoms with van der Waals surface area (Å²) in [5.41, 5.74) is 4.72. The molecule has 22 heavy (non-hydrogen) atoms. The number of nitrogens with one attached hydrogen (secondary N) is 1. The molecule has 3 aromatic rings. The Bertz CT molecular complexity index is 896. The number of aromatic nitrogens is 1. The van der Waals surface area contributed by atoms with Crippen LogP contribution in [0.2, 0.25) is 5.02 Å². The Balaban J connectivity index is 1.90. The third-order valence-electron chi connectivity index (χ3n) is 2.80. The molecule has 108 valence electrons. The van der Waals surface area contributed by atoms with E-state index >= 15 is 0 Å². The zero-order chi connectivity index (χ0) is 15.5. The van der Waals surface area contributed by atoms with Crippen molar-refractivity contribution in [2.75, 3.05) is 5.43 Å². The molecule has 0 saturated heterocycles. The van der Waals surface area contributed by atoms with E-state index in [-0.39, 0.29) is 11.6 Å². The van der Waals surface area contributed by atoms with E-state index in [9.17, 15) is 5.26 Å². The Labute approximate surface area is 139 Å². The van der Waals surface area contributed by atoms with Gasteiger partial charge in [-0.15, -0.1) is 0 Å². The molecular weight excluding hydrogens is 368 g/mol. The van der Waals surface area contributed by atoms with Gasteiger partial charge in [-0.25, -0.2) is 4.98 Å². The van der Waals surface area contributed by atoms with Gasteiger partial charge in [0.1, 0.15) is 11.6 Å². The molecule has 1 heterocycles. The van der Waals surface area contributed by atoms with Crippen LogP contribution in [0, 0.1) is 11.3 Å². The number of nitrogens with zero attached hydrogens (tertiary/aromatic N) is 3. The van der Waals surface area contributed by atoms with Crippen LogP contribution in [0.15, 0.2) is 56.5 Å². The predicted molar refractivity (Wildman–Crippen MR) is 88.9 cm³/mol. The molecule has 0 atom stereocenters. The zero-order valence-corrected chi connectivity index (χ0v) is 13.4. The van der Waals surface area contributed by atoms with E-state index in [4.69, 9.17) is 16.0 Å². The number of anilines is 1. The van der Waals surface area contributed by atoms with Crippen LogP contribution in [-0.2, 0) is 0 Å². The minimum Gasteiger partial charge on any atom is -0.434 e. The van der Waals surface area contributed by atoms with Gasteiger partial charge in [-0.05, 0) is 42.5 Å². The summed E-state index contributed by atoms with van der Waals surface area (Å²) >= 11 is 9.25. The van der Waals surface area contributed by atoms with E-state index in [1.54, 1.807) is 18.2 Å². The number of nitriles is 1. The highest BCUT2D eigenvalue weighted by Gasteiger charge is 2.12. The summed E-state index contributed by atoms with van der Waals surface area (Å²) in [7, 11) is 0. The smallest absolute Gasteiger partial charge is 0.259 e. The van der Waals surface area contributed by atoms with E-state index in [2.05, 4.69) is 31.4 Å². The van der Waals surface area contributed by atoms with Crippen molar-refractivity contribution in [3.05, 3.63) is 57.9 Å². The first-order valence-electron chi connectivity index (χ1n) is 6.21. The maximum atomic E-state index is 9.23. The van der Waals surface area contributed by atoms with Crippen LogP contribution in [0.3, 0.4) is 0 Å². The Morgan fingerprint density at radius 2 is 2.05 bits per heavy atom. The lowest BCUT2D eigenvalue weighted by molar-refractivity contribution is 0.591. The molecule has 2 aromatic carbocycles. The first-order valence-corrected chi connectivity index (χ1v) is 7.38. The fraction of sp³-hybridized carbons (Fsp3) is 0. The summed E-state index contributed by atoms with van der Waals surface area (Å²) in [6, 6.07) is 14.4. The van der Waals surface area contributed by atoms with Crippen LogP contribution in [0.1, 0.15) is 5.89 Å². The van der Waals surface area contributed by atoms with Crippen LogP contribution in [0.25, 0.3) is 11.1 Å². The molecular formula is C15H8BrClN4O. The highest BCUT2D eigenvalue weighted by Crippen LogP contribution is 2.20. The topological polar surface area (TPSA) is 74.2 Å². The second-order valence-corrected chi connectivity index (χ2v) is 5.67. The molecule has 0 unspecified atom stereocenters. The summed E-state index contributed by atoms with van der Waals surface area (Å²) in [4.78, 5) is 4.22. The van der Waals surface area contributed by atoms with Gasteiger partial charge in [0.2, 0.25) is 5.71 Å². The molecule has 0 saturated carbocycles. The quantitative estimate of drug-likeness (QED) is 0.537. The Morgan fingerprint density at radius 3 is 2.77 bits per heavy atom. The van der Waals surface area contributed by atoms with Gasteiger partial charge in [-0.3, -0.25) is 5.43 Å². The lowest BCUT2D eigenvalue weighted by Crippen LogP contribution is -2.02. The van der Waals surface area contributed by atoms with E-state index in [1.165, 1.54) is 0 Å². The summed E-state index contributed by atoms with van der Waals surface area (Å²) in [6.07, 6.45) is 0. The van der Waals surface area contributed by atoms with Crippen molar-refractivity contribution in [2.24, 2.45) is 5.10 Å². The van der Waals surface area contributed by atoms with Crippen molar-refractivity contribution in [3.8, 4) is 6.07 Å². The number of rotatable bonds is 3. The molecule has 0 bridgehead atoms. The standard InChI is InChI=1S/C15H8BrClN4O/c16-9-1-4-11(5-2-9)20-21-13(8-18)15-19-12-7-10(17)3-6-14(12)22-15/h1-7,20H/b21-13+. The van der Waals surface area contributed by atoms with Crippen LogP contribution >= 0.6 is 27.5 Å². The largest absolute Gasteiger partial charge is 0.434 e. The molecule has 0 aliphatic carbocycles. The first kappa shape index (κ1) is 14.6. The van der Waals surface area contributed by atoms with E-state index in [1.807, 2.05) is 30.3 Å². The minimum atomic E-state index is 0.0511. The third kappa shape index (κ3) is 3.11. The van der Waals surface area contributed by atoms with Crippen LogP contribution in [0.4, 0.5) is 5.69 Å². The molecule has 0 aliphatic heterocycles. The number of hydrogen-bond acceptors (Lipinski definition) is 5. The van der Waals surface area contributed by atoms with Crippen molar-refractivity contribution in [1.29, 1.82) is 5.26 Å². The normalized spacial score (nSPS) is 11.4. The zero-order valence-electron chi connectivity index (χ0n) is 11.0. The molecule has 0 radical (unpaired) electrons. The molecule has 5 nitrogen and oxygen atoms in total.